The molecule has 6 rings (SSSR count). The number of hydrogen-bond acceptors (Lipinski definition) is 6. The van der Waals surface area contributed by atoms with Crippen molar-refractivity contribution in [3.05, 3.63) is 125 Å². The van der Waals surface area contributed by atoms with Gasteiger partial charge in [0.25, 0.3) is 0 Å². The molecule has 258 valence electrons. The minimum Gasteiger partial charge on any atom is -0.367 e. The smallest absolute Gasteiger partial charge is 0.246 e. The molecular weight excluding hydrogens is 669 g/mol. The number of nitrogens with two attached hydrogens (primary N) is 1. The zero-order chi connectivity index (χ0) is 35.6. The van der Waals surface area contributed by atoms with Crippen molar-refractivity contribution in [2.45, 2.75) is 64.7 Å². The molecule has 3 aliphatic rings. The Morgan fingerprint density at radius 3 is 2.32 bits per heavy atom. The van der Waals surface area contributed by atoms with Gasteiger partial charge < -0.3 is 20.4 Å². The number of aromatic nitrogens is 2. The molecule has 2 aliphatic heterocycles. The van der Waals surface area contributed by atoms with Gasteiger partial charge in [0.1, 0.15) is 12.2 Å². The summed E-state index contributed by atoms with van der Waals surface area (Å²) in [6, 6.07) is 27.9. The first-order chi connectivity index (χ1) is 24.1. The van der Waals surface area contributed by atoms with E-state index in [9.17, 15) is 9.59 Å². The van der Waals surface area contributed by atoms with Crippen LogP contribution < -0.4 is 16.4 Å². The molecule has 0 aromatic heterocycles. The summed E-state index contributed by atoms with van der Waals surface area (Å²) in [7, 11) is 0. The number of anilines is 2. The van der Waals surface area contributed by atoms with Gasteiger partial charge in [-0.05, 0) is 106 Å². The number of carbonyl (C=O) groups excluding carboxylic acids is 2. The Kier molecular flexibility index (Phi) is 12.6. The topological polar surface area (TPSA) is 112 Å². The highest BCUT2D eigenvalue weighted by atomic mass is 35.5. The Hall–Kier alpha value is -4.76. The minimum absolute atomic E-state index is 0.0539. The van der Waals surface area contributed by atoms with Gasteiger partial charge in [-0.1, -0.05) is 59.6 Å². The lowest BCUT2D eigenvalue weighted by atomic mass is 9.98. The molecule has 1 aliphatic carbocycles. The number of hydrogen-bond donors (Lipinski definition) is 2. The summed E-state index contributed by atoms with van der Waals surface area (Å²) in [5.41, 5.74) is 11.6. The Bertz CT molecular complexity index is 2030. The number of amides is 1. The van der Waals surface area contributed by atoms with Crippen LogP contribution in [0.15, 0.2) is 114 Å². The van der Waals surface area contributed by atoms with Gasteiger partial charge in [0.15, 0.2) is 5.78 Å². The van der Waals surface area contributed by atoms with E-state index in [2.05, 4.69) is 41.9 Å². The summed E-state index contributed by atoms with van der Waals surface area (Å²) in [4.78, 5) is 32.1. The molecule has 0 radical (unpaired) electrons. The first-order valence-electron chi connectivity index (χ1n) is 16.6. The third-order valence-corrected chi connectivity index (χ3v) is 8.47. The van der Waals surface area contributed by atoms with E-state index >= 15 is 0 Å². The maximum atomic E-state index is 11.6. The summed E-state index contributed by atoms with van der Waals surface area (Å²) in [6.45, 7) is 6.12. The highest BCUT2D eigenvalue weighted by Gasteiger charge is 2.38. The molecule has 8 nitrogen and oxygen atoms in total. The van der Waals surface area contributed by atoms with Crippen molar-refractivity contribution in [3.63, 3.8) is 0 Å². The van der Waals surface area contributed by atoms with E-state index in [1.165, 1.54) is 0 Å². The van der Waals surface area contributed by atoms with Crippen LogP contribution in [0.1, 0.15) is 46.5 Å². The lowest BCUT2D eigenvalue weighted by Gasteiger charge is -2.32. The first kappa shape index (κ1) is 36.5. The Morgan fingerprint density at radius 2 is 1.66 bits per heavy atom. The number of benzene rings is 4. The van der Waals surface area contributed by atoms with E-state index < -0.39 is 18.1 Å². The van der Waals surface area contributed by atoms with Gasteiger partial charge in [0, 0.05) is 40.3 Å². The van der Waals surface area contributed by atoms with Crippen LogP contribution in [0.2, 0.25) is 10.0 Å². The number of nitrogens with one attached hydrogen (secondary N) is 1. The summed E-state index contributed by atoms with van der Waals surface area (Å²) >= 11 is 12.2. The van der Waals surface area contributed by atoms with Crippen molar-refractivity contribution < 1.29 is 14.3 Å². The predicted molar refractivity (Wildman–Crippen MR) is 203 cm³/mol. The second-order valence-corrected chi connectivity index (χ2v) is 13.0. The molecule has 3 aromatic rings. The number of halogens is 2. The van der Waals surface area contributed by atoms with E-state index in [4.69, 9.17) is 43.6 Å². The molecule has 0 saturated carbocycles. The van der Waals surface area contributed by atoms with Gasteiger partial charge in [-0.15, -0.1) is 0 Å². The quantitative estimate of drug-likeness (QED) is 0.105. The molecule has 0 spiro atoms. The first-order valence-corrected chi connectivity index (χ1v) is 17.4. The van der Waals surface area contributed by atoms with Crippen LogP contribution in [0.25, 0.3) is 28.1 Å². The number of nitrogens with zero attached hydrogens (tertiary/aromatic N) is 3. The lowest BCUT2D eigenvalue weighted by molar-refractivity contribution is -0.168. The minimum atomic E-state index is -0.561. The second kappa shape index (κ2) is 17.3. The number of rotatable bonds is 11. The SMILES string of the molecule is C/C=C/C/C=C/CCC(=O)C1CC(C(N)=O)O1.CC(C)N=c1cc2n(-c3ccc(Cl)cc3)c3ccccc3nc-2cc1Nc1ccc(Cl)cc1. The van der Waals surface area contributed by atoms with Crippen molar-refractivity contribution in [2.75, 3.05) is 5.32 Å². The van der Waals surface area contributed by atoms with Crippen LogP contribution >= 0.6 is 23.2 Å². The molecule has 0 bridgehead atoms. The standard InChI is InChI=1S/C27H22Cl2N4.C13H19NO3/c1-17(2)30-24-16-27-25(15-23(24)31-20-11-7-18(28)8-12-20)32-22-5-3-4-6-26(22)33(27)21-13-9-19(29)10-14-21;1-2-3-4-5-6-7-8-10(15)11-9-12(17-11)13(14)16/h3-17,31H,1-2H3;2-3,5-6,11-12H,4,7-9H2,1H3,(H2,14,16)/b;3-2+,6-5+. The number of ketones is 1. The lowest BCUT2D eigenvalue weighted by Crippen LogP contribution is -2.49. The van der Waals surface area contributed by atoms with Crippen LogP contribution in [-0.4, -0.2) is 39.5 Å². The highest BCUT2D eigenvalue weighted by Crippen LogP contribution is 2.31. The Morgan fingerprint density at radius 1 is 0.980 bits per heavy atom. The van der Waals surface area contributed by atoms with Crippen LogP contribution in [-0.2, 0) is 14.3 Å². The van der Waals surface area contributed by atoms with Crippen molar-refractivity contribution >= 4 is 57.3 Å². The van der Waals surface area contributed by atoms with E-state index in [1.807, 2.05) is 98.0 Å². The molecule has 3 N–H and O–H groups in total. The van der Waals surface area contributed by atoms with Crippen molar-refractivity contribution in [1.29, 1.82) is 0 Å². The number of Topliss-reactive ketones (excluding diaryl/α,β-unsaturated/α-hetero) is 1. The average molecular weight is 711 g/mol. The monoisotopic (exact) mass is 709 g/mol. The van der Waals surface area contributed by atoms with E-state index in [1.54, 1.807) is 0 Å². The van der Waals surface area contributed by atoms with Crippen LogP contribution in [0, 0.1) is 0 Å². The zero-order valence-electron chi connectivity index (χ0n) is 28.4. The third kappa shape index (κ3) is 9.47. The maximum absolute atomic E-state index is 11.6. The number of allylic oxidation sites excluding steroid dienone is 4. The molecule has 2 atom stereocenters. The van der Waals surface area contributed by atoms with Crippen LogP contribution in [0.3, 0.4) is 0 Å². The van der Waals surface area contributed by atoms with E-state index in [0.717, 1.165) is 57.7 Å². The molecule has 2 unspecified atom stereocenters. The van der Waals surface area contributed by atoms with Crippen molar-refractivity contribution in [2.24, 2.45) is 10.7 Å². The van der Waals surface area contributed by atoms with Gasteiger partial charge in [-0.25, -0.2) is 4.98 Å². The van der Waals surface area contributed by atoms with Gasteiger partial charge in [0.2, 0.25) is 5.91 Å². The fourth-order valence-electron chi connectivity index (χ4n) is 5.47. The van der Waals surface area contributed by atoms with Crippen molar-refractivity contribution in [1.82, 2.24) is 9.55 Å². The normalized spacial score (nSPS) is 16.2. The van der Waals surface area contributed by atoms with Gasteiger partial charge in [-0.3, -0.25) is 14.6 Å². The van der Waals surface area contributed by atoms with Gasteiger partial charge in [0.05, 0.1) is 33.5 Å². The van der Waals surface area contributed by atoms with Gasteiger partial charge >= 0.3 is 0 Å². The molecule has 50 heavy (non-hydrogen) atoms. The molecule has 2 heterocycles. The van der Waals surface area contributed by atoms with Crippen LogP contribution in [0.5, 0.6) is 0 Å². The second-order valence-electron chi connectivity index (χ2n) is 12.2. The molecular formula is C40H41Cl2N5O3. The van der Waals surface area contributed by atoms with Crippen LogP contribution in [0.4, 0.5) is 11.4 Å². The fourth-order valence-corrected chi connectivity index (χ4v) is 5.72. The predicted octanol–water partition coefficient (Wildman–Crippen LogP) is 8.99. The molecule has 1 amide bonds. The fraction of sp³-hybridized carbons (Fsp3) is 0.250. The highest BCUT2D eigenvalue weighted by molar-refractivity contribution is 6.30. The third-order valence-electron chi connectivity index (χ3n) is 7.97. The molecule has 1 fully saturated rings. The summed E-state index contributed by atoms with van der Waals surface area (Å²) in [5.74, 6) is -0.432. The Labute approximate surface area is 302 Å². The number of para-hydroxylation sites is 2. The summed E-state index contributed by atoms with van der Waals surface area (Å²) in [5, 5.41) is 5.76. The zero-order valence-corrected chi connectivity index (χ0v) is 29.9. The maximum Gasteiger partial charge on any atom is 0.246 e. The van der Waals surface area contributed by atoms with Gasteiger partial charge in [-0.2, -0.15) is 0 Å². The largest absolute Gasteiger partial charge is 0.367 e. The van der Waals surface area contributed by atoms with E-state index in [0.29, 0.717) is 22.9 Å². The Balaban J connectivity index is 0.000000242. The number of carbonyl (C=O) groups is 2. The molecule has 1 saturated heterocycles. The number of fused-ring (bicyclic) bond motifs is 2. The average Bonchev–Trinajstić information content (AvgIpc) is 3.06. The molecule has 3 aromatic carbocycles. The number of primary amides is 1. The van der Waals surface area contributed by atoms with E-state index in [-0.39, 0.29) is 11.8 Å². The summed E-state index contributed by atoms with van der Waals surface area (Å²) in [6.07, 6.45) is 9.59. The van der Waals surface area contributed by atoms with Crippen molar-refractivity contribution in [3.8, 4) is 17.1 Å². The number of ether oxygens (including phenoxy) is 1. The molecule has 10 heteroatoms. The summed E-state index contributed by atoms with van der Waals surface area (Å²) < 4.78 is 7.31.